The first-order valence-electron chi connectivity index (χ1n) is 4.93. The molecule has 1 heterocycles. The predicted octanol–water partition coefficient (Wildman–Crippen LogP) is 2.67. The predicted molar refractivity (Wildman–Crippen MR) is 65.5 cm³/mol. The molecule has 0 aliphatic rings. The highest BCUT2D eigenvalue weighted by Gasteiger charge is 2.25. The summed E-state index contributed by atoms with van der Waals surface area (Å²) in [6, 6.07) is 4.09. The van der Waals surface area contributed by atoms with E-state index in [9.17, 15) is 4.79 Å². The zero-order valence-electron chi connectivity index (χ0n) is 9.05. The van der Waals surface area contributed by atoms with Crippen LogP contribution in [-0.2, 0) is 11.2 Å². The number of nitrogens with one attached hydrogen (secondary N) is 1. The number of hydrogen-bond acceptors (Lipinski definition) is 2. The number of rotatable bonds is 5. The molecular weight excluding hydrogens is 230 g/mol. The molecule has 15 heavy (non-hydrogen) atoms. The van der Waals surface area contributed by atoms with Crippen molar-refractivity contribution in [2.75, 3.05) is 12.4 Å². The summed E-state index contributed by atoms with van der Waals surface area (Å²) in [5.41, 5.74) is -0.475. The van der Waals surface area contributed by atoms with Gasteiger partial charge in [-0.15, -0.1) is 22.9 Å². The van der Waals surface area contributed by atoms with E-state index in [1.165, 1.54) is 4.88 Å². The summed E-state index contributed by atoms with van der Waals surface area (Å²) in [5.74, 6) is 0.367. The Morgan fingerprint density at radius 1 is 1.60 bits per heavy atom. The molecule has 2 nitrogen and oxygen atoms in total. The molecule has 84 valence electrons. The second-order valence-corrected chi connectivity index (χ2v) is 5.40. The van der Waals surface area contributed by atoms with Crippen molar-refractivity contribution in [2.24, 2.45) is 5.41 Å². The number of thiophene rings is 1. The summed E-state index contributed by atoms with van der Waals surface area (Å²) in [7, 11) is 0. The highest BCUT2D eigenvalue weighted by atomic mass is 35.5. The summed E-state index contributed by atoms with van der Waals surface area (Å²) in [6.45, 7) is 4.38. The maximum atomic E-state index is 11.6. The zero-order chi connectivity index (χ0) is 11.3. The number of carbonyl (C=O) groups excluding carboxylic acids is 1. The first-order chi connectivity index (χ1) is 7.06. The van der Waals surface area contributed by atoms with Crippen molar-refractivity contribution in [2.45, 2.75) is 20.3 Å². The average molecular weight is 246 g/mol. The molecule has 0 aliphatic heterocycles. The molecule has 4 heteroatoms. The third kappa shape index (κ3) is 3.84. The molecular formula is C11H16ClNOS. The summed E-state index contributed by atoms with van der Waals surface area (Å²) < 4.78 is 0. The van der Waals surface area contributed by atoms with Crippen LogP contribution in [0.1, 0.15) is 18.7 Å². The van der Waals surface area contributed by atoms with E-state index in [4.69, 9.17) is 11.6 Å². The second kappa shape index (κ2) is 5.52. The lowest BCUT2D eigenvalue weighted by Crippen LogP contribution is -2.38. The number of amides is 1. The van der Waals surface area contributed by atoms with E-state index in [0.717, 1.165) is 6.42 Å². The SMILES string of the molecule is CC(C)(CCl)C(=O)NCCc1cccs1. The second-order valence-electron chi connectivity index (χ2n) is 4.10. The van der Waals surface area contributed by atoms with Gasteiger partial charge >= 0.3 is 0 Å². The van der Waals surface area contributed by atoms with E-state index >= 15 is 0 Å². The van der Waals surface area contributed by atoms with Crippen molar-refractivity contribution >= 4 is 28.8 Å². The van der Waals surface area contributed by atoms with E-state index in [1.807, 2.05) is 25.3 Å². The average Bonchev–Trinajstić information content (AvgIpc) is 2.70. The van der Waals surface area contributed by atoms with Crippen LogP contribution in [0.15, 0.2) is 17.5 Å². The zero-order valence-corrected chi connectivity index (χ0v) is 10.6. The molecule has 0 aromatic carbocycles. The van der Waals surface area contributed by atoms with Gasteiger partial charge in [-0.3, -0.25) is 4.79 Å². The third-order valence-corrected chi connectivity index (χ3v) is 3.79. The number of halogens is 1. The van der Waals surface area contributed by atoms with E-state index in [1.54, 1.807) is 11.3 Å². The van der Waals surface area contributed by atoms with Crippen molar-refractivity contribution in [3.8, 4) is 0 Å². The Balaban J connectivity index is 2.29. The highest BCUT2D eigenvalue weighted by molar-refractivity contribution is 7.09. The number of hydrogen-bond donors (Lipinski definition) is 1. The van der Waals surface area contributed by atoms with Gasteiger partial charge in [0.1, 0.15) is 0 Å². The topological polar surface area (TPSA) is 29.1 Å². The molecule has 0 atom stereocenters. The molecule has 1 amide bonds. The minimum atomic E-state index is -0.475. The van der Waals surface area contributed by atoms with Gasteiger partial charge in [-0.1, -0.05) is 6.07 Å². The molecule has 0 saturated carbocycles. The maximum absolute atomic E-state index is 11.6. The fourth-order valence-corrected chi connectivity index (χ4v) is 1.88. The normalized spacial score (nSPS) is 11.4. The van der Waals surface area contributed by atoms with Crippen LogP contribution in [-0.4, -0.2) is 18.3 Å². The number of carbonyl (C=O) groups is 1. The van der Waals surface area contributed by atoms with Crippen LogP contribution in [0.3, 0.4) is 0 Å². The Morgan fingerprint density at radius 2 is 2.33 bits per heavy atom. The lowest BCUT2D eigenvalue weighted by molar-refractivity contribution is -0.128. The summed E-state index contributed by atoms with van der Waals surface area (Å²) in [6.07, 6.45) is 0.891. The summed E-state index contributed by atoms with van der Waals surface area (Å²) in [4.78, 5) is 12.9. The molecule has 0 bridgehead atoms. The fourth-order valence-electron chi connectivity index (χ4n) is 1.05. The van der Waals surface area contributed by atoms with Crippen molar-refractivity contribution in [1.82, 2.24) is 5.32 Å². The molecule has 0 radical (unpaired) electrons. The van der Waals surface area contributed by atoms with E-state index in [-0.39, 0.29) is 5.91 Å². The molecule has 1 N–H and O–H groups in total. The van der Waals surface area contributed by atoms with Crippen LogP contribution >= 0.6 is 22.9 Å². The molecule has 0 fully saturated rings. The van der Waals surface area contributed by atoms with Crippen molar-refractivity contribution in [3.05, 3.63) is 22.4 Å². The van der Waals surface area contributed by atoms with E-state index in [0.29, 0.717) is 12.4 Å². The smallest absolute Gasteiger partial charge is 0.226 e. The lowest BCUT2D eigenvalue weighted by atomic mass is 9.95. The Morgan fingerprint density at radius 3 is 2.87 bits per heavy atom. The van der Waals surface area contributed by atoms with Gasteiger partial charge in [0.15, 0.2) is 0 Å². The van der Waals surface area contributed by atoms with Crippen LogP contribution in [0.25, 0.3) is 0 Å². The minimum Gasteiger partial charge on any atom is -0.355 e. The summed E-state index contributed by atoms with van der Waals surface area (Å²) in [5, 5.41) is 4.94. The Bertz CT molecular complexity index is 308. The first kappa shape index (κ1) is 12.5. The Kier molecular flexibility index (Phi) is 4.61. The van der Waals surface area contributed by atoms with Crippen LogP contribution in [0.5, 0.6) is 0 Å². The minimum absolute atomic E-state index is 0.0223. The number of alkyl halides is 1. The first-order valence-corrected chi connectivity index (χ1v) is 6.34. The van der Waals surface area contributed by atoms with Gasteiger partial charge in [0.25, 0.3) is 0 Å². The fraction of sp³-hybridized carbons (Fsp3) is 0.545. The lowest BCUT2D eigenvalue weighted by Gasteiger charge is -2.20. The molecule has 0 spiro atoms. The molecule has 0 saturated heterocycles. The van der Waals surface area contributed by atoms with Crippen LogP contribution in [0.2, 0.25) is 0 Å². The van der Waals surface area contributed by atoms with Gasteiger partial charge in [-0.05, 0) is 31.7 Å². The summed E-state index contributed by atoms with van der Waals surface area (Å²) >= 11 is 7.42. The Hall–Kier alpha value is -0.540. The Labute approximate surface area is 99.6 Å². The van der Waals surface area contributed by atoms with Crippen molar-refractivity contribution < 1.29 is 4.79 Å². The van der Waals surface area contributed by atoms with Gasteiger partial charge in [0, 0.05) is 17.3 Å². The standard InChI is InChI=1S/C11H16ClNOS/c1-11(2,8-12)10(14)13-6-5-9-4-3-7-15-9/h3-4,7H,5-6,8H2,1-2H3,(H,13,14). The van der Waals surface area contributed by atoms with Gasteiger partial charge < -0.3 is 5.32 Å². The molecule has 1 aromatic rings. The van der Waals surface area contributed by atoms with Crippen molar-refractivity contribution in [1.29, 1.82) is 0 Å². The van der Waals surface area contributed by atoms with Crippen LogP contribution < -0.4 is 5.32 Å². The van der Waals surface area contributed by atoms with E-state index < -0.39 is 5.41 Å². The van der Waals surface area contributed by atoms with Gasteiger partial charge in [0.2, 0.25) is 5.91 Å². The maximum Gasteiger partial charge on any atom is 0.226 e. The van der Waals surface area contributed by atoms with Gasteiger partial charge in [-0.25, -0.2) is 0 Å². The largest absolute Gasteiger partial charge is 0.355 e. The quantitative estimate of drug-likeness (QED) is 0.794. The van der Waals surface area contributed by atoms with Crippen molar-refractivity contribution in [3.63, 3.8) is 0 Å². The molecule has 1 rings (SSSR count). The molecule has 0 unspecified atom stereocenters. The monoisotopic (exact) mass is 245 g/mol. The third-order valence-electron chi connectivity index (χ3n) is 2.19. The highest BCUT2D eigenvalue weighted by Crippen LogP contribution is 2.16. The molecule has 0 aliphatic carbocycles. The van der Waals surface area contributed by atoms with Crippen LogP contribution in [0.4, 0.5) is 0 Å². The van der Waals surface area contributed by atoms with Gasteiger partial charge in [0.05, 0.1) is 5.41 Å². The molecule has 1 aromatic heterocycles. The van der Waals surface area contributed by atoms with Gasteiger partial charge in [-0.2, -0.15) is 0 Å². The van der Waals surface area contributed by atoms with Crippen LogP contribution in [0, 0.1) is 5.41 Å². The van der Waals surface area contributed by atoms with E-state index in [2.05, 4.69) is 11.4 Å².